The molecule has 7 heteroatoms. The second kappa shape index (κ2) is 4.80. The third kappa shape index (κ3) is 2.49. The fraction of sp³-hybridized carbons (Fsp3) is 0. The van der Waals surface area contributed by atoms with Crippen LogP contribution in [0.4, 0.5) is 5.69 Å². The summed E-state index contributed by atoms with van der Waals surface area (Å²) in [5, 5.41) is 12.2. The van der Waals surface area contributed by atoms with Gasteiger partial charge in [0.2, 0.25) is 0 Å². The number of carboxylic acids is 1. The maximum Gasteiger partial charge on any atom is 0.336 e. The third-order valence-corrected chi connectivity index (χ3v) is 2.85. The van der Waals surface area contributed by atoms with Crippen molar-refractivity contribution in [3.8, 4) is 0 Å². The molecule has 14 heavy (non-hydrogen) atoms. The van der Waals surface area contributed by atoms with E-state index in [0.29, 0.717) is 3.57 Å². The fourth-order valence-electron chi connectivity index (χ4n) is 0.875. The molecular formula is C7H3I2N3O2. The summed E-state index contributed by atoms with van der Waals surface area (Å²) in [7, 11) is 0. The van der Waals surface area contributed by atoms with Crippen molar-refractivity contribution in [2.24, 2.45) is 5.11 Å². The highest BCUT2D eigenvalue weighted by molar-refractivity contribution is 14.1. The summed E-state index contributed by atoms with van der Waals surface area (Å²) in [4.78, 5) is 13.4. The van der Waals surface area contributed by atoms with E-state index in [1.54, 1.807) is 6.07 Å². The van der Waals surface area contributed by atoms with Gasteiger partial charge in [0, 0.05) is 12.1 Å². The molecule has 0 unspecified atom stereocenters. The van der Waals surface area contributed by atoms with Crippen LogP contribution in [0.2, 0.25) is 0 Å². The molecule has 0 saturated heterocycles. The predicted molar refractivity (Wildman–Crippen MR) is 67.6 cm³/mol. The number of benzene rings is 1. The molecule has 0 fully saturated rings. The number of halogens is 2. The van der Waals surface area contributed by atoms with Crippen LogP contribution in [0, 0.1) is 7.14 Å². The first-order valence-electron chi connectivity index (χ1n) is 3.33. The molecule has 1 N–H and O–H groups in total. The average Bonchev–Trinajstić information content (AvgIpc) is 2.09. The van der Waals surface area contributed by atoms with Gasteiger partial charge in [0.25, 0.3) is 0 Å². The Labute approximate surface area is 106 Å². The fourth-order valence-corrected chi connectivity index (χ4v) is 2.83. The standard InChI is InChI=1S/C7H3I2N3O2/c8-3-1-4(7(13)14)6(11-12-10)5(9)2-3/h1-2H,(H,13,14). The Morgan fingerprint density at radius 1 is 1.50 bits per heavy atom. The molecule has 0 aliphatic heterocycles. The van der Waals surface area contributed by atoms with Gasteiger partial charge in [-0.3, -0.25) is 0 Å². The van der Waals surface area contributed by atoms with Gasteiger partial charge in [-0.2, -0.15) is 0 Å². The van der Waals surface area contributed by atoms with Gasteiger partial charge in [0.1, 0.15) is 0 Å². The maximum absolute atomic E-state index is 10.8. The Kier molecular flexibility index (Phi) is 3.96. The topological polar surface area (TPSA) is 86.1 Å². The monoisotopic (exact) mass is 415 g/mol. The second-order valence-electron chi connectivity index (χ2n) is 2.28. The Balaban J connectivity index is 3.51. The van der Waals surface area contributed by atoms with Crippen molar-refractivity contribution in [1.82, 2.24) is 0 Å². The van der Waals surface area contributed by atoms with E-state index in [9.17, 15) is 4.79 Å². The molecule has 0 aromatic heterocycles. The molecule has 0 heterocycles. The van der Waals surface area contributed by atoms with E-state index in [0.717, 1.165) is 3.57 Å². The van der Waals surface area contributed by atoms with Crippen LogP contribution in [-0.4, -0.2) is 11.1 Å². The van der Waals surface area contributed by atoms with E-state index in [1.165, 1.54) is 6.07 Å². The number of hydrogen-bond acceptors (Lipinski definition) is 2. The van der Waals surface area contributed by atoms with E-state index in [2.05, 4.69) is 10.0 Å². The molecule has 0 amide bonds. The van der Waals surface area contributed by atoms with E-state index in [4.69, 9.17) is 10.6 Å². The lowest BCUT2D eigenvalue weighted by molar-refractivity contribution is 0.0697. The van der Waals surface area contributed by atoms with Gasteiger partial charge in [-0.25, -0.2) is 4.79 Å². The molecular weight excluding hydrogens is 412 g/mol. The lowest BCUT2D eigenvalue weighted by atomic mass is 10.2. The number of carbonyl (C=O) groups is 1. The summed E-state index contributed by atoms with van der Waals surface area (Å²) >= 11 is 3.94. The Hall–Kier alpha value is -0.540. The minimum Gasteiger partial charge on any atom is -0.478 e. The lowest BCUT2D eigenvalue weighted by Crippen LogP contribution is -1.98. The third-order valence-electron chi connectivity index (χ3n) is 1.40. The van der Waals surface area contributed by atoms with Crippen LogP contribution in [0.25, 0.3) is 10.4 Å². The van der Waals surface area contributed by atoms with Crippen LogP contribution in [0.5, 0.6) is 0 Å². The van der Waals surface area contributed by atoms with Crippen molar-refractivity contribution < 1.29 is 9.90 Å². The Morgan fingerprint density at radius 3 is 2.64 bits per heavy atom. The molecule has 1 rings (SSSR count). The summed E-state index contributed by atoms with van der Waals surface area (Å²) < 4.78 is 1.42. The van der Waals surface area contributed by atoms with Crippen molar-refractivity contribution in [1.29, 1.82) is 0 Å². The number of nitrogens with zero attached hydrogens (tertiary/aromatic N) is 3. The number of azide groups is 1. The molecule has 0 saturated carbocycles. The Morgan fingerprint density at radius 2 is 2.14 bits per heavy atom. The van der Waals surface area contributed by atoms with Crippen molar-refractivity contribution >= 4 is 56.8 Å². The zero-order valence-electron chi connectivity index (χ0n) is 6.61. The molecule has 1 aromatic carbocycles. The molecule has 5 nitrogen and oxygen atoms in total. The Bertz CT molecular complexity index is 441. The van der Waals surface area contributed by atoms with Crippen molar-refractivity contribution in [3.63, 3.8) is 0 Å². The molecule has 0 aliphatic rings. The first-order chi connectivity index (χ1) is 6.56. The molecule has 0 bridgehead atoms. The van der Waals surface area contributed by atoms with Crippen molar-refractivity contribution in [3.05, 3.63) is 35.3 Å². The van der Waals surface area contributed by atoms with Crippen LogP contribution in [0.3, 0.4) is 0 Å². The minimum absolute atomic E-state index is 0.0269. The summed E-state index contributed by atoms with van der Waals surface area (Å²) in [6, 6.07) is 3.21. The number of carboxylic acid groups (broad SMARTS) is 1. The minimum atomic E-state index is -1.09. The van der Waals surface area contributed by atoms with Crippen LogP contribution < -0.4 is 0 Å². The SMILES string of the molecule is [N-]=[N+]=Nc1c(I)cc(I)cc1C(=O)O. The molecule has 0 radical (unpaired) electrons. The average molecular weight is 415 g/mol. The van der Waals surface area contributed by atoms with E-state index < -0.39 is 5.97 Å². The van der Waals surface area contributed by atoms with Gasteiger partial charge in [0.05, 0.1) is 11.3 Å². The van der Waals surface area contributed by atoms with Gasteiger partial charge in [-0.15, -0.1) is 0 Å². The highest BCUT2D eigenvalue weighted by Gasteiger charge is 2.12. The van der Waals surface area contributed by atoms with Crippen LogP contribution in [0.1, 0.15) is 10.4 Å². The van der Waals surface area contributed by atoms with Crippen molar-refractivity contribution in [2.45, 2.75) is 0 Å². The number of hydrogen-bond donors (Lipinski definition) is 1. The largest absolute Gasteiger partial charge is 0.478 e. The predicted octanol–water partition coefficient (Wildman–Crippen LogP) is 3.54. The maximum atomic E-state index is 10.8. The molecule has 0 aliphatic carbocycles. The summed E-state index contributed by atoms with van der Waals surface area (Å²) in [5.74, 6) is -1.09. The zero-order chi connectivity index (χ0) is 10.7. The van der Waals surface area contributed by atoms with Gasteiger partial charge in [0.15, 0.2) is 0 Å². The van der Waals surface area contributed by atoms with Gasteiger partial charge < -0.3 is 5.11 Å². The van der Waals surface area contributed by atoms with Crippen LogP contribution >= 0.6 is 45.2 Å². The number of rotatable bonds is 2. The zero-order valence-corrected chi connectivity index (χ0v) is 10.9. The smallest absolute Gasteiger partial charge is 0.336 e. The number of aromatic carboxylic acids is 1. The quantitative estimate of drug-likeness (QED) is 0.347. The molecule has 1 aromatic rings. The van der Waals surface area contributed by atoms with E-state index in [1.807, 2.05) is 45.2 Å². The van der Waals surface area contributed by atoms with Gasteiger partial charge >= 0.3 is 5.97 Å². The first kappa shape index (κ1) is 11.5. The van der Waals surface area contributed by atoms with Crippen molar-refractivity contribution in [2.75, 3.05) is 0 Å². The van der Waals surface area contributed by atoms with Gasteiger partial charge in [-0.1, -0.05) is 5.11 Å². The van der Waals surface area contributed by atoms with E-state index in [-0.39, 0.29) is 11.3 Å². The second-order valence-corrected chi connectivity index (χ2v) is 4.69. The highest BCUT2D eigenvalue weighted by Crippen LogP contribution is 2.28. The first-order valence-corrected chi connectivity index (χ1v) is 5.49. The summed E-state index contributed by atoms with van der Waals surface area (Å²) in [5.41, 5.74) is 8.47. The van der Waals surface area contributed by atoms with Crippen LogP contribution in [-0.2, 0) is 0 Å². The molecule has 0 atom stereocenters. The molecule has 72 valence electrons. The molecule has 0 spiro atoms. The summed E-state index contributed by atoms with van der Waals surface area (Å²) in [6.07, 6.45) is 0. The van der Waals surface area contributed by atoms with E-state index >= 15 is 0 Å². The van der Waals surface area contributed by atoms with Gasteiger partial charge in [-0.05, 0) is 62.8 Å². The highest BCUT2D eigenvalue weighted by atomic mass is 127. The van der Waals surface area contributed by atoms with Crippen LogP contribution in [0.15, 0.2) is 17.2 Å². The summed E-state index contributed by atoms with van der Waals surface area (Å²) in [6.45, 7) is 0. The normalized spacial score (nSPS) is 9.29. The lowest BCUT2D eigenvalue weighted by Gasteiger charge is -2.03.